The van der Waals surface area contributed by atoms with Gasteiger partial charge in [-0.05, 0) is 24.3 Å². The number of halogens is 2. The average molecular weight is 399 g/mol. The molecule has 1 fully saturated rings. The minimum Gasteiger partial charge on any atom is -0.467 e. The number of rotatable bonds is 6. The number of piperazine rings is 1. The summed E-state index contributed by atoms with van der Waals surface area (Å²) in [5.74, 6) is -1.51. The molecule has 1 aromatic carbocycles. The molecule has 0 saturated carbocycles. The Hall–Kier alpha value is -2.30. The highest BCUT2D eigenvalue weighted by Gasteiger charge is 2.31. The number of carbonyl (C=O) groups is 1. The Labute approximate surface area is 155 Å². The van der Waals surface area contributed by atoms with E-state index in [1.54, 1.807) is 12.1 Å². The van der Waals surface area contributed by atoms with Gasteiger partial charge in [0.1, 0.15) is 22.3 Å². The molecular formula is C17H19F2N3O4S. The van der Waals surface area contributed by atoms with E-state index in [2.05, 4.69) is 5.32 Å². The number of carbonyl (C=O) groups excluding carboxylic acids is 1. The second kappa shape index (κ2) is 8.15. The lowest BCUT2D eigenvalue weighted by atomic mass is 10.3. The maximum atomic E-state index is 13.8. The fourth-order valence-corrected chi connectivity index (χ4v) is 4.28. The molecule has 10 heteroatoms. The van der Waals surface area contributed by atoms with Crippen molar-refractivity contribution in [2.24, 2.45) is 0 Å². The van der Waals surface area contributed by atoms with Crippen LogP contribution in [0, 0.1) is 11.6 Å². The summed E-state index contributed by atoms with van der Waals surface area (Å²) in [4.78, 5) is 13.2. The lowest BCUT2D eigenvalue weighted by molar-refractivity contribution is -0.122. The van der Waals surface area contributed by atoms with Gasteiger partial charge >= 0.3 is 0 Å². The van der Waals surface area contributed by atoms with Gasteiger partial charge < -0.3 is 9.73 Å². The Morgan fingerprint density at radius 2 is 1.89 bits per heavy atom. The van der Waals surface area contributed by atoms with Crippen molar-refractivity contribution in [3.05, 3.63) is 54.0 Å². The van der Waals surface area contributed by atoms with Crippen LogP contribution in [0.5, 0.6) is 0 Å². The van der Waals surface area contributed by atoms with Gasteiger partial charge in [-0.1, -0.05) is 0 Å². The number of nitrogens with zero attached hydrogens (tertiary/aromatic N) is 2. The van der Waals surface area contributed by atoms with Crippen LogP contribution in [0.3, 0.4) is 0 Å². The van der Waals surface area contributed by atoms with Crippen molar-refractivity contribution in [2.45, 2.75) is 11.4 Å². The van der Waals surface area contributed by atoms with Crippen molar-refractivity contribution in [1.82, 2.24) is 14.5 Å². The van der Waals surface area contributed by atoms with Gasteiger partial charge in [-0.15, -0.1) is 0 Å². The van der Waals surface area contributed by atoms with Crippen LogP contribution >= 0.6 is 0 Å². The smallest absolute Gasteiger partial charge is 0.246 e. The predicted octanol–water partition coefficient (Wildman–Crippen LogP) is 1.18. The van der Waals surface area contributed by atoms with Crippen molar-refractivity contribution >= 4 is 15.9 Å². The molecule has 1 amide bonds. The number of sulfonamides is 1. The van der Waals surface area contributed by atoms with E-state index < -0.39 is 26.6 Å². The number of benzene rings is 1. The highest BCUT2D eigenvalue weighted by Crippen LogP contribution is 2.21. The first-order valence-corrected chi connectivity index (χ1v) is 9.77. The molecule has 1 aliphatic heterocycles. The zero-order chi connectivity index (χ0) is 19.4. The summed E-state index contributed by atoms with van der Waals surface area (Å²) in [5.41, 5.74) is 0. The predicted molar refractivity (Wildman–Crippen MR) is 92.1 cm³/mol. The first-order valence-electron chi connectivity index (χ1n) is 8.33. The van der Waals surface area contributed by atoms with E-state index in [1.165, 1.54) is 6.26 Å². The van der Waals surface area contributed by atoms with Crippen LogP contribution < -0.4 is 5.32 Å². The third-order valence-corrected chi connectivity index (χ3v) is 6.18. The molecule has 0 radical (unpaired) electrons. The molecule has 27 heavy (non-hydrogen) atoms. The SMILES string of the molecule is O=C(CN1CCN(S(=O)(=O)c2ccc(F)cc2F)CC1)NCc1ccco1. The Balaban J connectivity index is 1.52. The number of hydrogen-bond donors (Lipinski definition) is 1. The highest BCUT2D eigenvalue weighted by atomic mass is 32.2. The minimum absolute atomic E-state index is 0.116. The molecule has 2 aromatic rings. The highest BCUT2D eigenvalue weighted by molar-refractivity contribution is 7.89. The lowest BCUT2D eigenvalue weighted by Gasteiger charge is -2.33. The summed E-state index contributed by atoms with van der Waals surface area (Å²) in [6.07, 6.45) is 1.52. The van der Waals surface area contributed by atoms with Gasteiger partial charge in [0.2, 0.25) is 15.9 Å². The summed E-state index contributed by atoms with van der Waals surface area (Å²) >= 11 is 0. The molecule has 0 aliphatic carbocycles. The Bertz CT molecular complexity index is 895. The second-order valence-corrected chi connectivity index (χ2v) is 8.02. The topological polar surface area (TPSA) is 82.9 Å². The summed E-state index contributed by atoms with van der Waals surface area (Å²) in [5, 5.41) is 2.72. The number of furan rings is 1. The molecule has 0 unspecified atom stereocenters. The van der Waals surface area contributed by atoms with Crippen molar-refractivity contribution in [2.75, 3.05) is 32.7 Å². The first kappa shape index (κ1) is 19.5. The number of nitrogens with one attached hydrogen (secondary N) is 1. The second-order valence-electron chi connectivity index (χ2n) is 6.11. The Morgan fingerprint density at radius 3 is 2.52 bits per heavy atom. The van der Waals surface area contributed by atoms with Crippen molar-refractivity contribution in [1.29, 1.82) is 0 Å². The van der Waals surface area contributed by atoms with Gasteiger partial charge in [0.15, 0.2) is 0 Å². The molecule has 1 aromatic heterocycles. The van der Waals surface area contributed by atoms with E-state index >= 15 is 0 Å². The monoisotopic (exact) mass is 399 g/mol. The summed E-state index contributed by atoms with van der Waals surface area (Å²) in [6.45, 7) is 1.30. The summed E-state index contributed by atoms with van der Waals surface area (Å²) in [6, 6.07) is 5.86. The lowest BCUT2D eigenvalue weighted by Crippen LogP contribution is -2.51. The number of amides is 1. The van der Waals surface area contributed by atoms with Crippen LogP contribution in [0.4, 0.5) is 8.78 Å². The van der Waals surface area contributed by atoms with Crippen molar-refractivity contribution < 1.29 is 26.4 Å². The first-order chi connectivity index (χ1) is 12.9. The fraction of sp³-hybridized carbons (Fsp3) is 0.353. The van der Waals surface area contributed by atoms with E-state index in [0.29, 0.717) is 24.9 Å². The molecule has 0 spiro atoms. The maximum absolute atomic E-state index is 13.8. The maximum Gasteiger partial charge on any atom is 0.246 e. The zero-order valence-electron chi connectivity index (χ0n) is 14.4. The van der Waals surface area contributed by atoms with E-state index in [4.69, 9.17) is 4.42 Å². The van der Waals surface area contributed by atoms with Crippen LogP contribution in [0.2, 0.25) is 0 Å². The molecule has 7 nitrogen and oxygen atoms in total. The van der Waals surface area contributed by atoms with Gasteiger partial charge in [-0.2, -0.15) is 4.31 Å². The molecular weight excluding hydrogens is 380 g/mol. The number of hydrogen-bond acceptors (Lipinski definition) is 5. The minimum atomic E-state index is -4.05. The van der Waals surface area contributed by atoms with E-state index in [0.717, 1.165) is 16.4 Å². The van der Waals surface area contributed by atoms with Crippen molar-refractivity contribution in [3.63, 3.8) is 0 Å². The summed E-state index contributed by atoms with van der Waals surface area (Å²) in [7, 11) is -4.05. The fourth-order valence-electron chi connectivity index (χ4n) is 2.81. The third-order valence-electron chi connectivity index (χ3n) is 4.25. The average Bonchev–Trinajstić information content (AvgIpc) is 3.14. The van der Waals surface area contributed by atoms with E-state index in [9.17, 15) is 22.0 Å². The van der Waals surface area contributed by atoms with Crippen LogP contribution in [0.25, 0.3) is 0 Å². The zero-order valence-corrected chi connectivity index (χ0v) is 15.2. The Morgan fingerprint density at radius 1 is 1.15 bits per heavy atom. The van der Waals surface area contributed by atoms with Gasteiger partial charge in [0.25, 0.3) is 0 Å². The molecule has 2 heterocycles. The normalized spacial score (nSPS) is 16.4. The van der Waals surface area contributed by atoms with Gasteiger partial charge in [0.05, 0.1) is 19.4 Å². The molecule has 0 atom stereocenters. The van der Waals surface area contributed by atoms with Crippen LogP contribution in [-0.2, 0) is 21.4 Å². The van der Waals surface area contributed by atoms with E-state index in [-0.39, 0.29) is 32.1 Å². The van der Waals surface area contributed by atoms with Gasteiger partial charge in [-0.3, -0.25) is 9.69 Å². The molecule has 1 N–H and O–H groups in total. The summed E-state index contributed by atoms with van der Waals surface area (Å²) < 4.78 is 58.2. The molecule has 146 valence electrons. The van der Waals surface area contributed by atoms with E-state index in [1.807, 2.05) is 4.90 Å². The van der Waals surface area contributed by atoms with Crippen LogP contribution in [-0.4, -0.2) is 56.3 Å². The van der Waals surface area contributed by atoms with Crippen molar-refractivity contribution in [3.8, 4) is 0 Å². The van der Waals surface area contributed by atoms with Crippen LogP contribution in [0.15, 0.2) is 45.9 Å². The van der Waals surface area contributed by atoms with Crippen LogP contribution in [0.1, 0.15) is 5.76 Å². The molecule has 3 rings (SSSR count). The molecule has 1 saturated heterocycles. The van der Waals surface area contributed by atoms with Gasteiger partial charge in [-0.25, -0.2) is 17.2 Å². The third kappa shape index (κ3) is 4.71. The standard InChI is InChI=1S/C17H19F2N3O4S/c18-13-3-4-16(15(19)10-13)27(24,25)22-7-5-21(6-8-22)12-17(23)20-11-14-2-1-9-26-14/h1-4,9-10H,5-8,11-12H2,(H,20,23). The quantitative estimate of drug-likeness (QED) is 0.789. The Kier molecular flexibility index (Phi) is 5.88. The van der Waals surface area contributed by atoms with Gasteiger partial charge in [0, 0.05) is 32.2 Å². The molecule has 0 bridgehead atoms. The largest absolute Gasteiger partial charge is 0.467 e. The molecule has 1 aliphatic rings.